The minimum Gasteiger partial charge on any atom is -0.223 e. The molecule has 23 heavy (non-hydrogen) atoms. The number of fused-ring (bicyclic) bond motifs is 6. The van der Waals surface area contributed by atoms with Crippen molar-refractivity contribution in [2.75, 3.05) is 0 Å². The summed E-state index contributed by atoms with van der Waals surface area (Å²) in [6, 6.07) is 11.3. The zero-order chi connectivity index (χ0) is 16.6. The fourth-order valence-corrected chi connectivity index (χ4v) is 5.19. The Kier molecular flexibility index (Phi) is 2.73. The molecule has 2 aliphatic rings. The molecular formula is C21H27N2+. The second-order valence-corrected chi connectivity index (χ2v) is 8.53. The second-order valence-electron chi connectivity index (χ2n) is 8.53. The van der Waals surface area contributed by atoms with Crippen molar-refractivity contribution in [1.29, 1.82) is 0 Å². The van der Waals surface area contributed by atoms with Crippen molar-refractivity contribution in [3.63, 3.8) is 0 Å². The van der Waals surface area contributed by atoms with E-state index in [1.54, 1.807) is 0 Å². The zero-order valence-corrected chi connectivity index (χ0v) is 15.1. The SMILES string of the molecule is CCC12C(C)C1(C)c1ccccc1-c1cc(C(C)(C)C)nc[n+]12. The molecule has 0 N–H and O–H groups in total. The van der Waals surface area contributed by atoms with Crippen LogP contribution in [0.1, 0.15) is 59.2 Å². The van der Waals surface area contributed by atoms with Gasteiger partial charge in [0.1, 0.15) is 11.2 Å². The summed E-state index contributed by atoms with van der Waals surface area (Å²) in [5.74, 6) is 0.634. The van der Waals surface area contributed by atoms with Crippen molar-refractivity contribution in [1.82, 2.24) is 4.98 Å². The smallest absolute Gasteiger partial charge is 0.223 e. The fourth-order valence-electron chi connectivity index (χ4n) is 5.19. The fraction of sp³-hybridized carbons (Fsp3) is 0.524. The van der Waals surface area contributed by atoms with Gasteiger partial charge in [-0.2, -0.15) is 0 Å². The van der Waals surface area contributed by atoms with Gasteiger partial charge in [0.25, 0.3) is 6.33 Å². The molecule has 1 aliphatic carbocycles. The van der Waals surface area contributed by atoms with E-state index >= 15 is 0 Å². The molecule has 3 unspecified atom stereocenters. The van der Waals surface area contributed by atoms with Crippen molar-refractivity contribution in [2.24, 2.45) is 5.92 Å². The molecule has 1 saturated carbocycles. The standard InChI is InChI=1S/C21H27N2/c1-7-21-14(2)20(21,6)16-11-9-8-10-15(16)17-12-18(19(3,4)5)22-13-23(17)21/h8-14H,7H2,1-6H3/q+1. The summed E-state index contributed by atoms with van der Waals surface area (Å²) in [6.45, 7) is 13.9. The first kappa shape index (κ1) is 14.9. The average molecular weight is 307 g/mol. The van der Waals surface area contributed by atoms with E-state index in [-0.39, 0.29) is 16.4 Å². The molecular weight excluding hydrogens is 280 g/mol. The van der Waals surface area contributed by atoms with E-state index in [9.17, 15) is 0 Å². The summed E-state index contributed by atoms with van der Waals surface area (Å²) in [4.78, 5) is 4.83. The van der Waals surface area contributed by atoms with Crippen molar-refractivity contribution < 1.29 is 4.57 Å². The highest BCUT2D eigenvalue weighted by Gasteiger charge is 2.78. The highest BCUT2D eigenvalue weighted by molar-refractivity contribution is 5.68. The molecule has 4 rings (SSSR count). The zero-order valence-electron chi connectivity index (χ0n) is 15.1. The molecule has 2 heterocycles. The van der Waals surface area contributed by atoms with Crippen LogP contribution in [0.4, 0.5) is 0 Å². The van der Waals surface area contributed by atoms with Crippen LogP contribution in [0.3, 0.4) is 0 Å². The van der Waals surface area contributed by atoms with E-state index < -0.39 is 0 Å². The molecule has 2 heteroatoms. The van der Waals surface area contributed by atoms with Crippen molar-refractivity contribution in [3.05, 3.63) is 47.9 Å². The van der Waals surface area contributed by atoms with E-state index in [2.05, 4.69) is 82.8 Å². The molecule has 0 bridgehead atoms. The van der Waals surface area contributed by atoms with Crippen LogP contribution in [0.25, 0.3) is 11.3 Å². The number of hydrogen-bond acceptors (Lipinski definition) is 1. The van der Waals surface area contributed by atoms with Gasteiger partial charge in [0, 0.05) is 28.4 Å². The van der Waals surface area contributed by atoms with Gasteiger partial charge in [-0.15, -0.1) is 0 Å². The third-order valence-electron chi connectivity index (χ3n) is 6.74. The largest absolute Gasteiger partial charge is 0.287 e. The second kappa shape index (κ2) is 4.23. The third kappa shape index (κ3) is 1.55. The van der Waals surface area contributed by atoms with E-state index in [0.29, 0.717) is 5.92 Å². The van der Waals surface area contributed by atoms with Crippen LogP contribution < -0.4 is 4.57 Å². The lowest BCUT2D eigenvalue weighted by Crippen LogP contribution is -2.55. The normalized spacial score (nSPS) is 31.1. The van der Waals surface area contributed by atoms with E-state index in [0.717, 1.165) is 6.42 Å². The summed E-state index contributed by atoms with van der Waals surface area (Å²) in [5.41, 5.74) is 5.88. The van der Waals surface area contributed by atoms with Crippen molar-refractivity contribution in [3.8, 4) is 11.3 Å². The molecule has 3 atom stereocenters. The van der Waals surface area contributed by atoms with E-state index in [1.807, 2.05) is 0 Å². The minimum atomic E-state index is 0.0693. The topological polar surface area (TPSA) is 16.8 Å². The van der Waals surface area contributed by atoms with Gasteiger partial charge in [-0.1, -0.05) is 70.8 Å². The van der Waals surface area contributed by atoms with Gasteiger partial charge in [-0.25, -0.2) is 4.57 Å². The minimum absolute atomic E-state index is 0.0693. The first-order valence-corrected chi connectivity index (χ1v) is 8.81. The maximum atomic E-state index is 4.83. The van der Waals surface area contributed by atoms with Crippen molar-refractivity contribution in [2.45, 2.75) is 64.3 Å². The molecule has 1 aromatic carbocycles. The third-order valence-corrected chi connectivity index (χ3v) is 6.74. The van der Waals surface area contributed by atoms with Gasteiger partial charge in [-0.05, 0) is 12.0 Å². The molecule has 0 spiro atoms. The summed E-state index contributed by atoms with van der Waals surface area (Å²) in [7, 11) is 0. The Bertz CT molecular complexity index is 802. The van der Waals surface area contributed by atoms with Gasteiger partial charge < -0.3 is 0 Å². The Morgan fingerprint density at radius 1 is 1.22 bits per heavy atom. The highest BCUT2D eigenvalue weighted by Crippen LogP contribution is 2.69. The molecule has 0 saturated heterocycles. The molecule has 2 aromatic rings. The molecule has 0 radical (unpaired) electrons. The summed E-state index contributed by atoms with van der Waals surface area (Å²) in [6.07, 6.45) is 3.25. The maximum absolute atomic E-state index is 4.83. The highest BCUT2D eigenvalue weighted by atomic mass is 15.2. The van der Waals surface area contributed by atoms with Gasteiger partial charge >= 0.3 is 0 Å². The Labute approximate surface area is 139 Å². The van der Waals surface area contributed by atoms with Crippen LogP contribution >= 0.6 is 0 Å². The maximum Gasteiger partial charge on any atom is 0.287 e. The van der Waals surface area contributed by atoms with Crippen molar-refractivity contribution >= 4 is 0 Å². The summed E-state index contributed by atoms with van der Waals surface area (Å²) in [5, 5.41) is 0. The average Bonchev–Trinajstić information content (AvgIpc) is 3.04. The van der Waals surface area contributed by atoms with Crippen LogP contribution in [0.2, 0.25) is 0 Å². The molecule has 1 aliphatic heterocycles. The molecule has 2 nitrogen and oxygen atoms in total. The van der Waals surface area contributed by atoms with Crippen LogP contribution in [0.15, 0.2) is 36.7 Å². The number of aromatic nitrogens is 2. The lowest BCUT2D eigenvalue weighted by atomic mass is 9.82. The Morgan fingerprint density at radius 2 is 1.91 bits per heavy atom. The van der Waals surface area contributed by atoms with Gasteiger partial charge in [0.2, 0.25) is 0 Å². The van der Waals surface area contributed by atoms with E-state index in [4.69, 9.17) is 4.98 Å². The van der Waals surface area contributed by atoms with Gasteiger partial charge in [-0.3, -0.25) is 0 Å². The molecule has 1 fully saturated rings. The Balaban J connectivity index is 2.06. The summed E-state index contributed by atoms with van der Waals surface area (Å²) >= 11 is 0. The van der Waals surface area contributed by atoms with E-state index in [1.165, 1.54) is 22.5 Å². The number of rotatable bonds is 1. The summed E-state index contributed by atoms with van der Waals surface area (Å²) < 4.78 is 2.48. The first-order chi connectivity index (χ1) is 10.8. The van der Waals surface area contributed by atoms with Crippen LogP contribution in [0, 0.1) is 5.92 Å². The number of benzene rings is 1. The van der Waals surface area contributed by atoms with Gasteiger partial charge in [0.15, 0.2) is 5.69 Å². The quantitative estimate of drug-likeness (QED) is 0.715. The molecule has 120 valence electrons. The lowest BCUT2D eigenvalue weighted by molar-refractivity contribution is -0.740. The predicted octanol–water partition coefficient (Wildman–Crippen LogP) is 4.36. The molecule has 1 aromatic heterocycles. The van der Waals surface area contributed by atoms with Crippen LogP contribution in [-0.2, 0) is 16.4 Å². The van der Waals surface area contributed by atoms with Gasteiger partial charge in [0.05, 0.1) is 0 Å². The number of hydrogen-bond donors (Lipinski definition) is 0. The Morgan fingerprint density at radius 3 is 2.57 bits per heavy atom. The monoisotopic (exact) mass is 307 g/mol. The predicted molar refractivity (Wildman–Crippen MR) is 93.3 cm³/mol. The lowest BCUT2D eigenvalue weighted by Gasteiger charge is -2.30. The molecule has 0 amide bonds. The first-order valence-electron chi connectivity index (χ1n) is 8.81. The number of nitrogens with zero attached hydrogens (tertiary/aromatic N) is 2. The van der Waals surface area contributed by atoms with Crippen LogP contribution in [0.5, 0.6) is 0 Å². The Hall–Kier alpha value is -1.70. The van der Waals surface area contributed by atoms with Crippen LogP contribution in [-0.4, -0.2) is 4.98 Å².